The summed E-state index contributed by atoms with van der Waals surface area (Å²) in [7, 11) is 1.90. The molecule has 0 aliphatic carbocycles. The molecule has 0 N–H and O–H groups in total. The van der Waals surface area contributed by atoms with Crippen molar-refractivity contribution in [2.45, 2.75) is 34.6 Å². The number of amides is 4. The molecular weight excluding hydrogens is 346 g/mol. The van der Waals surface area contributed by atoms with Gasteiger partial charge in [0.15, 0.2) is 0 Å². The topological polar surface area (TPSA) is 70.2 Å². The first-order valence-electron chi connectivity index (χ1n) is 9.21. The molecule has 7 heteroatoms. The SMILES string of the molecule is CC.CCN(C(C)=O)C(=O)N(CC)C(=O)/C=C1\CN(C)c2ccccc2O1. The second-order valence-electron chi connectivity index (χ2n) is 5.66. The van der Waals surface area contributed by atoms with E-state index in [4.69, 9.17) is 4.74 Å². The molecular formula is C20H29N3O4. The lowest BCUT2D eigenvalue weighted by atomic mass is 10.2. The molecule has 4 amide bonds. The Kier molecular flexibility index (Phi) is 8.51. The number of carbonyl (C=O) groups excluding carboxylic acids is 3. The van der Waals surface area contributed by atoms with Crippen molar-refractivity contribution in [1.29, 1.82) is 0 Å². The molecule has 2 rings (SSSR count). The second kappa shape index (κ2) is 10.4. The zero-order valence-corrected chi connectivity index (χ0v) is 17.0. The van der Waals surface area contributed by atoms with Gasteiger partial charge >= 0.3 is 6.03 Å². The van der Waals surface area contributed by atoms with Gasteiger partial charge in [0, 0.05) is 33.1 Å². The van der Waals surface area contributed by atoms with E-state index in [-0.39, 0.29) is 13.1 Å². The minimum Gasteiger partial charge on any atom is -0.457 e. The second-order valence-corrected chi connectivity index (χ2v) is 5.66. The lowest BCUT2D eigenvalue weighted by Gasteiger charge is -2.29. The molecule has 148 valence electrons. The number of benzene rings is 1. The van der Waals surface area contributed by atoms with E-state index in [1.807, 2.05) is 50.1 Å². The van der Waals surface area contributed by atoms with E-state index in [9.17, 15) is 14.4 Å². The fourth-order valence-corrected chi connectivity index (χ4v) is 2.67. The van der Waals surface area contributed by atoms with Crippen molar-refractivity contribution in [2.24, 2.45) is 0 Å². The lowest BCUT2D eigenvalue weighted by Crippen LogP contribution is -2.47. The van der Waals surface area contributed by atoms with Gasteiger partial charge in [0.25, 0.3) is 5.91 Å². The van der Waals surface area contributed by atoms with Crippen molar-refractivity contribution in [1.82, 2.24) is 9.80 Å². The molecule has 1 aromatic carbocycles. The van der Waals surface area contributed by atoms with E-state index in [2.05, 4.69) is 0 Å². The van der Waals surface area contributed by atoms with Crippen molar-refractivity contribution in [3.63, 3.8) is 0 Å². The van der Waals surface area contributed by atoms with Crippen LogP contribution in [0.15, 0.2) is 36.1 Å². The van der Waals surface area contributed by atoms with E-state index in [1.54, 1.807) is 13.8 Å². The third-order valence-electron chi connectivity index (χ3n) is 3.94. The Labute approximate surface area is 161 Å². The monoisotopic (exact) mass is 375 g/mol. The van der Waals surface area contributed by atoms with Crippen LogP contribution in [0.25, 0.3) is 0 Å². The summed E-state index contributed by atoms with van der Waals surface area (Å²) in [6, 6.07) is 6.90. The number of carbonyl (C=O) groups is 3. The van der Waals surface area contributed by atoms with Gasteiger partial charge in [-0.05, 0) is 26.0 Å². The van der Waals surface area contributed by atoms with Crippen molar-refractivity contribution < 1.29 is 19.1 Å². The maximum Gasteiger partial charge on any atom is 0.333 e. The Bertz CT molecular complexity index is 715. The summed E-state index contributed by atoms with van der Waals surface area (Å²) in [5.41, 5.74) is 0.935. The molecule has 7 nitrogen and oxygen atoms in total. The molecule has 0 saturated heterocycles. The summed E-state index contributed by atoms with van der Waals surface area (Å²) in [6.45, 7) is 9.46. The fourth-order valence-electron chi connectivity index (χ4n) is 2.67. The highest BCUT2D eigenvalue weighted by Crippen LogP contribution is 2.33. The molecule has 0 spiro atoms. The molecule has 1 heterocycles. The van der Waals surface area contributed by atoms with Crippen LogP contribution in [0, 0.1) is 0 Å². The summed E-state index contributed by atoms with van der Waals surface area (Å²) in [4.78, 5) is 40.5. The van der Waals surface area contributed by atoms with Gasteiger partial charge in [-0.1, -0.05) is 26.0 Å². The highest BCUT2D eigenvalue weighted by molar-refractivity contribution is 6.05. The predicted octanol–water partition coefficient (Wildman–Crippen LogP) is 3.26. The maximum atomic E-state index is 12.5. The Hall–Kier alpha value is -2.83. The first-order chi connectivity index (χ1) is 12.9. The highest BCUT2D eigenvalue weighted by atomic mass is 16.5. The number of anilines is 1. The molecule has 0 saturated carbocycles. The van der Waals surface area contributed by atoms with Crippen LogP contribution in [0.5, 0.6) is 5.75 Å². The Morgan fingerprint density at radius 1 is 1.11 bits per heavy atom. The number of imide groups is 2. The van der Waals surface area contributed by atoms with E-state index >= 15 is 0 Å². The quantitative estimate of drug-likeness (QED) is 0.759. The van der Waals surface area contributed by atoms with Crippen LogP contribution in [0.3, 0.4) is 0 Å². The van der Waals surface area contributed by atoms with Crippen LogP contribution >= 0.6 is 0 Å². The standard InChI is InChI=1S/C18H23N3O4.C2H6/c1-5-20(13(3)22)18(24)21(6-2)17(23)11-14-12-19(4)15-9-7-8-10-16(15)25-14;1-2/h7-11H,5-6,12H2,1-4H3;1-2H3/b14-11+;. The first kappa shape index (κ1) is 22.2. The normalized spacial score (nSPS) is 13.7. The Balaban J connectivity index is 0.00000176. The Morgan fingerprint density at radius 3 is 2.26 bits per heavy atom. The summed E-state index contributed by atoms with van der Waals surface area (Å²) >= 11 is 0. The molecule has 0 aromatic heterocycles. The van der Waals surface area contributed by atoms with E-state index in [0.29, 0.717) is 18.1 Å². The molecule has 0 radical (unpaired) electrons. The van der Waals surface area contributed by atoms with Crippen LogP contribution < -0.4 is 9.64 Å². The summed E-state index contributed by atoms with van der Waals surface area (Å²) in [5.74, 6) is 0.205. The minimum atomic E-state index is -0.621. The molecule has 1 aliphatic heterocycles. The predicted molar refractivity (Wildman–Crippen MR) is 106 cm³/mol. The molecule has 0 fully saturated rings. The van der Waals surface area contributed by atoms with Gasteiger partial charge in [0.1, 0.15) is 11.5 Å². The van der Waals surface area contributed by atoms with Crippen molar-refractivity contribution in [3.05, 3.63) is 36.1 Å². The summed E-state index contributed by atoms with van der Waals surface area (Å²) in [6.07, 6.45) is 1.31. The average Bonchev–Trinajstić information content (AvgIpc) is 2.64. The highest BCUT2D eigenvalue weighted by Gasteiger charge is 2.27. The number of para-hydroxylation sites is 2. The number of hydrogen-bond acceptors (Lipinski definition) is 5. The first-order valence-corrected chi connectivity index (χ1v) is 9.21. The Morgan fingerprint density at radius 2 is 1.70 bits per heavy atom. The van der Waals surface area contributed by atoms with Crippen molar-refractivity contribution in [2.75, 3.05) is 31.6 Å². The summed E-state index contributed by atoms with van der Waals surface area (Å²) < 4.78 is 5.76. The van der Waals surface area contributed by atoms with Crippen LogP contribution in [0.1, 0.15) is 34.6 Å². The number of nitrogens with zero attached hydrogens (tertiary/aromatic N) is 3. The van der Waals surface area contributed by atoms with Crippen LogP contribution in [-0.2, 0) is 9.59 Å². The smallest absolute Gasteiger partial charge is 0.333 e. The van der Waals surface area contributed by atoms with Crippen molar-refractivity contribution >= 4 is 23.5 Å². The number of likely N-dealkylation sites (N-methyl/N-ethyl adjacent to an activating group) is 2. The van der Waals surface area contributed by atoms with Gasteiger partial charge in [-0.2, -0.15) is 0 Å². The average molecular weight is 375 g/mol. The van der Waals surface area contributed by atoms with E-state index in [1.165, 1.54) is 13.0 Å². The van der Waals surface area contributed by atoms with E-state index < -0.39 is 17.8 Å². The largest absolute Gasteiger partial charge is 0.457 e. The minimum absolute atomic E-state index is 0.164. The number of fused-ring (bicyclic) bond motifs is 1. The fraction of sp³-hybridized carbons (Fsp3) is 0.450. The molecule has 0 unspecified atom stereocenters. The maximum absolute atomic E-state index is 12.5. The van der Waals surface area contributed by atoms with Gasteiger partial charge in [-0.3, -0.25) is 19.4 Å². The van der Waals surface area contributed by atoms with Crippen molar-refractivity contribution in [3.8, 4) is 5.75 Å². The van der Waals surface area contributed by atoms with Gasteiger partial charge in [0.05, 0.1) is 12.2 Å². The molecule has 1 aromatic rings. The van der Waals surface area contributed by atoms with Gasteiger partial charge in [0.2, 0.25) is 5.91 Å². The van der Waals surface area contributed by atoms with Gasteiger partial charge in [-0.15, -0.1) is 0 Å². The molecule has 0 bridgehead atoms. The number of ether oxygens (including phenoxy) is 1. The lowest BCUT2D eigenvalue weighted by molar-refractivity contribution is -0.128. The molecule has 1 aliphatic rings. The van der Waals surface area contributed by atoms with Gasteiger partial charge in [-0.25, -0.2) is 4.79 Å². The number of rotatable bonds is 3. The zero-order valence-electron chi connectivity index (χ0n) is 17.0. The van der Waals surface area contributed by atoms with E-state index in [0.717, 1.165) is 15.5 Å². The summed E-state index contributed by atoms with van der Waals surface area (Å²) in [5, 5.41) is 0. The van der Waals surface area contributed by atoms with Crippen LogP contribution in [-0.4, -0.2) is 54.3 Å². The number of urea groups is 1. The zero-order chi connectivity index (χ0) is 20.6. The third kappa shape index (κ3) is 5.32. The third-order valence-corrected chi connectivity index (χ3v) is 3.94. The number of hydrogen-bond donors (Lipinski definition) is 0. The van der Waals surface area contributed by atoms with Crippen LogP contribution in [0.4, 0.5) is 10.5 Å². The molecule has 27 heavy (non-hydrogen) atoms. The van der Waals surface area contributed by atoms with Gasteiger partial charge < -0.3 is 9.64 Å². The molecule has 0 atom stereocenters. The van der Waals surface area contributed by atoms with Crippen LogP contribution in [0.2, 0.25) is 0 Å².